The fraction of sp³-hybridized carbons (Fsp3) is 0.308. The lowest BCUT2D eigenvalue weighted by Crippen LogP contribution is -2.34. The van der Waals surface area contributed by atoms with Gasteiger partial charge in [-0.2, -0.15) is 5.10 Å². The maximum Gasteiger partial charge on any atom is 0.322 e. The minimum atomic E-state index is -0.0855. The number of rotatable bonds is 3. The second kappa shape index (κ2) is 5.87. The lowest BCUT2D eigenvalue weighted by molar-refractivity contribution is 0.188. The zero-order chi connectivity index (χ0) is 13.8. The van der Waals surface area contributed by atoms with E-state index in [-0.39, 0.29) is 12.1 Å². The van der Waals surface area contributed by atoms with Crippen molar-refractivity contribution in [3.05, 3.63) is 35.8 Å². The average Bonchev–Trinajstić information content (AvgIpc) is 3.11. The molecule has 0 bridgehead atoms. The molecule has 2 aromatic heterocycles. The van der Waals surface area contributed by atoms with Gasteiger partial charge >= 0.3 is 6.03 Å². The van der Waals surface area contributed by atoms with Gasteiger partial charge in [0.15, 0.2) is 0 Å². The van der Waals surface area contributed by atoms with Gasteiger partial charge in [0.1, 0.15) is 6.10 Å². The minimum Gasteiger partial charge on any atom is -0.471 e. The number of carbonyl (C=O) groups excluding carboxylic acids is 1. The molecule has 104 valence electrons. The first-order valence-corrected chi connectivity index (χ1v) is 7.23. The number of nitrogens with one attached hydrogen (secondary N) is 1. The zero-order valence-corrected chi connectivity index (χ0v) is 11.5. The van der Waals surface area contributed by atoms with Crippen LogP contribution in [0.15, 0.2) is 35.8 Å². The van der Waals surface area contributed by atoms with Crippen LogP contribution >= 0.6 is 11.3 Å². The Hall–Kier alpha value is -2.15. The van der Waals surface area contributed by atoms with Gasteiger partial charge in [0.25, 0.3) is 0 Å². The van der Waals surface area contributed by atoms with Crippen molar-refractivity contribution in [2.75, 3.05) is 18.4 Å². The summed E-state index contributed by atoms with van der Waals surface area (Å²) in [6.07, 6.45) is 2.37. The summed E-state index contributed by atoms with van der Waals surface area (Å²) < 4.78 is 5.70. The van der Waals surface area contributed by atoms with Crippen molar-refractivity contribution in [3.63, 3.8) is 0 Å². The van der Waals surface area contributed by atoms with Crippen LogP contribution in [0.4, 0.5) is 9.80 Å². The molecule has 2 amide bonds. The van der Waals surface area contributed by atoms with Crippen LogP contribution in [0.2, 0.25) is 0 Å². The number of aromatic nitrogens is 2. The first-order valence-electron chi connectivity index (χ1n) is 6.35. The Bertz CT molecular complexity index is 561. The standard InChI is InChI=1S/C13H14N4O2S/c18-13(15-12-4-2-8-20-12)17-7-5-10(9-17)19-11-3-1-6-14-16-11/h1-4,6,8,10H,5,7,9H2,(H,15,18)/t10-/m1/s1. The van der Waals surface area contributed by atoms with Crippen LogP contribution in [-0.2, 0) is 0 Å². The molecule has 1 atom stereocenters. The molecule has 1 aliphatic heterocycles. The third-order valence-corrected chi connectivity index (χ3v) is 3.80. The van der Waals surface area contributed by atoms with Crippen LogP contribution < -0.4 is 10.1 Å². The van der Waals surface area contributed by atoms with Crippen molar-refractivity contribution in [2.45, 2.75) is 12.5 Å². The quantitative estimate of drug-likeness (QED) is 0.941. The highest BCUT2D eigenvalue weighted by atomic mass is 32.1. The molecule has 1 aliphatic rings. The van der Waals surface area contributed by atoms with E-state index in [0.29, 0.717) is 19.0 Å². The van der Waals surface area contributed by atoms with Crippen molar-refractivity contribution < 1.29 is 9.53 Å². The SMILES string of the molecule is O=C(Nc1cccs1)N1CC[C@@H](Oc2cccnn2)C1. The largest absolute Gasteiger partial charge is 0.471 e. The fourth-order valence-corrected chi connectivity index (χ4v) is 2.67. The molecule has 2 aromatic rings. The first kappa shape index (κ1) is 12.9. The van der Waals surface area contributed by atoms with Crippen molar-refractivity contribution in [1.82, 2.24) is 15.1 Å². The van der Waals surface area contributed by atoms with Crippen LogP contribution in [-0.4, -0.2) is 40.3 Å². The molecule has 0 spiro atoms. The molecule has 1 saturated heterocycles. The summed E-state index contributed by atoms with van der Waals surface area (Å²) in [5, 5.41) is 13.3. The van der Waals surface area contributed by atoms with Gasteiger partial charge < -0.3 is 9.64 Å². The molecule has 3 heterocycles. The Morgan fingerprint density at radius 3 is 3.15 bits per heavy atom. The summed E-state index contributed by atoms with van der Waals surface area (Å²) in [7, 11) is 0. The van der Waals surface area contributed by atoms with E-state index in [9.17, 15) is 4.79 Å². The molecular formula is C13H14N4O2S. The van der Waals surface area contributed by atoms with Gasteiger partial charge in [0.05, 0.1) is 11.5 Å². The van der Waals surface area contributed by atoms with E-state index in [1.807, 2.05) is 17.5 Å². The normalized spacial score (nSPS) is 18.0. The number of nitrogens with zero attached hydrogens (tertiary/aromatic N) is 3. The van der Waals surface area contributed by atoms with Crippen LogP contribution in [0.5, 0.6) is 5.88 Å². The minimum absolute atomic E-state index is 0.0271. The summed E-state index contributed by atoms with van der Waals surface area (Å²) in [5.74, 6) is 0.498. The van der Waals surface area contributed by atoms with Crippen molar-refractivity contribution in [1.29, 1.82) is 0 Å². The molecule has 0 radical (unpaired) electrons. The summed E-state index contributed by atoms with van der Waals surface area (Å²) in [6, 6.07) is 7.24. The van der Waals surface area contributed by atoms with E-state index < -0.39 is 0 Å². The maximum atomic E-state index is 12.0. The Morgan fingerprint density at radius 2 is 2.40 bits per heavy atom. The lowest BCUT2D eigenvalue weighted by Gasteiger charge is -2.16. The third kappa shape index (κ3) is 3.05. The predicted octanol–water partition coefficient (Wildman–Crippen LogP) is 2.22. The second-order valence-corrected chi connectivity index (χ2v) is 5.39. The number of urea groups is 1. The molecule has 0 unspecified atom stereocenters. The summed E-state index contributed by atoms with van der Waals surface area (Å²) in [6.45, 7) is 1.25. The van der Waals surface area contributed by atoms with Crippen LogP contribution in [0.25, 0.3) is 0 Å². The number of thiophene rings is 1. The van der Waals surface area contributed by atoms with Gasteiger partial charge in [-0.1, -0.05) is 0 Å². The molecule has 6 nitrogen and oxygen atoms in total. The monoisotopic (exact) mass is 290 g/mol. The number of hydrogen-bond donors (Lipinski definition) is 1. The second-order valence-electron chi connectivity index (χ2n) is 4.44. The van der Waals surface area contributed by atoms with Gasteiger partial charge in [-0.15, -0.1) is 16.4 Å². The Balaban J connectivity index is 1.53. The number of ether oxygens (including phenoxy) is 1. The Kier molecular flexibility index (Phi) is 3.78. The van der Waals surface area contributed by atoms with Gasteiger partial charge in [-0.3, -0.25) is 5.32 Å². The van der Waals surface area contributed by atoms with E-state index >= 15 is 0 Å². The van der Waals surface area contributed by atoms with Crippen molar-refractivity contribution in [3.8, 4) is 5.88 Å². The van der Waals surface area contributed by atoms with E-state index in [0.717, 1.165) is 11.4 Å². The zero-order valence-electron chi connectivity index (χ0n) is 10.7. The molecular weight excluding hydrogens is 276 g/mol. The summed E-state index contributed by atoms with van der Waals surface area (Å²) in [4.78, 5) is 13.8. The molecule has 3 rings (SSSR count). The maximum absolute atomic E-state index is 12.0. The van der Waals surface area contributed by atoms with Crippen molar-refractivity contribution in [2.24, 2.45) is 0 Å². The van der Waals surface area contributed by atoms with E-state index in [4.69, 9.17) is 4.74 Å². The highest BCUT2D eigenvalue weighted by Crippen LogP contribution is 2.19. The third-order valence-electron chi connectivity index (χ3n) is 3.02. The van der Waals surface area contributed by atoms with Gasteiger partial charge in [-0.05, 0) is 23.6 Å². The average molecular weight is 290 g/mol. The van der Waals surface area contributed by atoms with E-state index in [1.54, 1.807) is 23.2 Å². The molecule has 7 heteroatoms. The first-order chi connectivity index (χ1) is 9.81. The Labute approximate surface area is 120 Å². The summed E-state index contributed by atoms with van der Waals surface area (Å²) in [5.41, 5.74) is 0. The van der Waals surface area contributed by atoms with Crippen LogP contribution in [0, 0.1) is 0 Å². The lowest BCUT2D eigenvalue weighted by atomic mass is 10.3. The van der Waals surface area contributed by atoms with Gasteiger partial charge in [0, 0.05) is 25.2 Å². The molecule has 0 aliphatic carbocycles. The van der Waals surface area contributed by atoms with Gasteiger partial charge in [0.2, 0.25) is 5.88 Å². The fourth-order valence-electron chi connectivity index (χ4n) is 2.06. The summed E-state index contributed by atoms with van der Waals surface area (Å²) >= 11 is 1.51. The van der Waals surface area contributed by atoms with E-state index in [2.05, 4.69) is 15.5 Å². The molecule has 1 N–H and O–H groups in total. The highest BCUT2D eigenvalue weighted by molar-refractivity contribution is 7.14. The van der Waals surface area contributed by atoms with Crippen LogP contribution in [0.3, 0.4) is 0 Å². The number of anilines is 1. The predicted molar refractivity (Wildman–Crippen MR) is 76.0 cm³/mol. The van der Waals surface area contributed by atoms with Gasteiger partial charge in [-0.25, -0.2) is 4.79 Å². The van der Waals surface area contributed by atoms with Crippen LogP contribution in [0.1, 0.15) is 6.42 Å². The van der Waals surface area contributed by atoms with E-state index in [1.165, 1.54) is 11.3 Å². The topological polar surface area (TPSA) is 67.4 Å². The molecule has 20 heavy (non-hydrogen) atoms. The van der Waals surface area contributed by atoms with Crippen molar-refractivity contribution >= 4 is 22.4 Å². The molecule has 0 saturated carbocycles. The smallest absolute Gasteiger partial charge is 0.322 e. The Morgan fingerprint density at radius 1 is 1.45 bits per heavy atom. The molecule has 0 aromatic carbocycles. The number of amides is 2. The number of likely N-dealkylation sites (tertiary alicyclic amines) is 1. The number of hydrogen-bond acceptors (Lipinski definition) is 5. The molecule has 1 fully saturated rings. The highest BCUT2D eigenvalue weighted by Gasteiger charge is 2.28. The number of carbonyl (C=O) groups is 1.